The number of carbonyl (C=O) groups excluding carboxylic acids is 9. The van der Waals surface area contributed by atoms with Crippen molar-refractivity contribution in [2.45, 2.75) is 130 Å². The number of benzene rings is 6. The lowest BCUT2D eigenvalue weighted by Crippen LogP contribution is -2.38. The Hall–Kier alpha value is -11.6. The van der Waals surface area contributed by atoms with E-state index < -0.39 is 77.8 Å². The Labute approximate surface area is 763 Å². The summed E-state index contributed by atoms with van der Waals surface area (Å²) in [6, 6.07) is 31.1. The van der Waals surface area contributed by atoms with Crippen LogP contribution in [0.1, 0.15) is 128 Å². The van der Waals surface area contributed by atoms with Crippen LogP contribution in [-0.2, 0) is 76.9 Å². The zero-order chi connectivity index (χ0) is 94.8. The predicted octanol–water partition coefficient (Wildman–Crippen LogP) is 10.8. The summed E-state index contributed by atoms with van der Waals surface area (Å²) in [7, 11) is -0.625. The van der Waals surface area contributed by atoms with Crippen molar-refractivity contribution >= 4 is 170 Å². The highest BCUT2D eigenvalue weighted by atomic mass is 32.2. The molecule has 0 radical (unpaired) electrons. The maximum atomic E-state index is 12.2. The van der Waals surface area contributed by atoms with Gasteiger partial charge in [0, 0.05) is 107 Å². The Morgan fingerprint density at radius 1 is 0.457 bits per heavy atom. The summed E-state index contributed by atoms with van der Waals surface area (Å²) >= 11 is 5.36. The Balaban J connectivity index is 0.000000191. The van der Waals surface area contributed by atoms with Gasteiger partial charge in [-0.2, -0.15) is 11.8 Å². The summed E-state index contributed by atoms with van der Waals surface area (Å²) in [4.78, 5) is 122. The molecule has 34 nitrogen and oxygen atoms in total. The largest absolute Gasteiger partial charge is 0.535 e. The topological polar surface area (TPSA) is 530 Å². The predicted molar refractivity (Wildman–Crippen MR) is 495 cm³/mol. The van der Waals surface area contributed by atoms with E-state index in [1.54, 1.807) is 105 Å². The number of rotatable bonds is 28. The minimum Gasteiger partial charge on any atom is -0.535 e. The lowest BCUT2D eigenvalue weighted by Gasteiger charge is -2.28. The van der Waals surface area contributed by atoms with E-state index in [9.17, 15) is 98.5 Å². The van der Waals surface area contributed by atoms with Crippen molar-refractivity contribution in [3.63, 3.8) is 0 Å². The summed E-state index contributed by atoms with van der Waals surface area (Å²) in [5.74, 6) is -2.84. The van der Waals surface area contributed by atoms with Crippen LogP contribution in [0, 0.1) is 0 Å². The van der Waals surface area contributed by atoms with Crippen molar-refractivity contribution < 1.29 is 132 Å². The van der Waals surface area contributed by atoms with Crippen LogP contribution in [0.4, 0.5) is 0 Å². The van der Waals surface area contributed by atoms with Crippen molar-refractivity contribution in [2.75, 3.05) is 58.8 Å². The number of para-hydroxylation sites is 6. The van der Waals surface area contributed by atoms with Gasteiger partial charge < -0.3 is 93.4 Å². The normalized spacial score (nSPS) is 16.7. The number of carbonyl (C=O) groups is 10. The van der Waals surface area contributed by atoms with Gasteiger partial charge in [-0.25, -0.2) is 4.79 Å². The van der Waals surface area contributed by atoms with Crippen molar-refractivity contribution in [3.8, 4) is 34.5 Å². The Kier molecular flexibility index (Phi) is 38.9. The number of aliphatic hydroxyl groups is 4. The average molecular weight is 1840 g/mol. The van der Waals surface area contributed by atoms with E-state index in [1.165, 1.54) is 71.7 Å². The fraction of sp³-hybridized carbons (Fsp3) is 0.341. The molecular weight excluding hydrogens is 1740 g/mol. The van der Waals surface area contributed by atoms with Crippen molar-refractivity contribution in [2.24, 2.45) is 5.11 Å². The van der Waals surface area contributed by atoms with Gasteiger partial charge in [-0.05, 0) is 133 Å². The summed E-state index contributed by atoms with van der Waals surface area (Å²) in [5.41, 5.74) is 16.8. The number of carboxylic acids is 1. The molecule has 0 aliphatic carbocycles. The second kappa shape index (κ2) is 48.7. The Bertz CT molecular complexity index is 5380. The number of hydrogen-bond donors (Lipinski definition) is 11. The average Bonchev–Trinajstić information content (AvgIpc) is 1.22. The maximum Gasteiger partial charge on any atom is 0.526 e. The molecule has 0 saturated heterocycles. The fourth-order valence-electron chi connectivity index (χ4n) is 14.6. The van der Waals surface area contributed by atoms with Gasteiger partial charge >= 0.3 is 48.7 Å². The fourth-order valence-corrected chi connectivity index (χ4v) is 16.8. The van der Waals surface area contributed by atoms with E-state index in [4.69, 9.17) is 38.6 Å². The first-order valence-electron chi connectivity index (χ1n) is 40.3. The standard InChI is InChI=1S/C16H20BNO5.C15H15BN2O4S2.C15H18BNO5.C14H17BO4S.C13H15BO4S.C12H12BN3O5/c1-10(19)14-6-4-5-11-7-12(17(22)23-16(11)14)8-13(20)9-15(21)18(2)3;1-9(19)13-4-2-3-10-5-11(16(21)22-14(10)13)6-12(20)7-23-15-18-17-8-24-15;1-9(18)12-6-4-5-10-7-11(16(21)22-14(10)12)8-13(19)15(20)17(2)3;1-9(16)13-5-3-4-10-6-11(7-12(17)8-20-2)15(18)19-14(10)13;1-8(15)11-5-3-4-9-6-10(7-12(16)19-2)14(17)18-13(9)11;14-16-15-6-9(17)5-8-4-7-2-1-3-10(12(18)19)11(7)21-13(8)20/h4-6,12,19,22H,1,7-9H2,2-3H3;2-4,8,11,19,21H,1,5-7H2;4-6,11,18,21H,1,7-8H2,2-3H3;3-5,11,18H,6-8H2,1-2H3;3-5,10,15,17H,1,6-7H2,2H3;1-3,8,20H,4-6H2,(H,18,19)/t12-;3*11-;10-;8-/m111111/s1. The molecule has 0 unspecified atom stereocenters. The second-order valence-electron chi connectivity index (χ2n) is 31.1. The summed E-state index contributed by atoms with van der Waals surface area (Å²) in [6.45, 7) is 15.1. The smallest absolute Gasteiger partial charge is 0.526 e. The Morgan fingerprint density at radius 2 is 0.775 bits per heavy atom. The number of aromatic carboxylic acids is 1. The maximum absolute atomic E-state index is 12.2. The number of nitrogens with zero attached hydrogens (tertiary/aromatic N) is 7. The van der Waals surface area contributed by atoms with Gasteiger partial charge in [0.05, 0.1) is 57.9 Å². The molecule has 0 saturated carbocycles. The monoisotopic (exact) mass is 1840 g/mol. The van der Waals surface area contributed by atoms with Crippen molar-refractivity contribution in [3.05, 3.63) is 218 Å². The number of aliphatic hydroxyl groups excluding tert-OH is 4. The molecule has 676 valence electrons. The van der Waals surface area contributed by atoms with Gasteiger partial charge in [0.1, 0.15) is 86.2 Å². The molecule has 1 aromatic heterocycles. The minimum atomic E-state index is -1.27. The highest BCUT2D eigenvalue weighted by Gasteiger charge is 2.44. The minimum absolute atomic E-state index is 0.00305. The summed E-state index contributed by atoms with van der Waals surface area (Å²) in [5, 5.41) is 118. The van der Waals surface area contributed by atoms with Crippen LogP contribution in [-0.4, -0.2) is 235 Å². The highest BCUT2D eigenvalue weighted by molar-refractivity contribution is 8.13. The first-order valence-corrected chi connectivity index (χ1v) is 44.7. The molecule has 7 heterocycles. The van der Waals surface area contributed by atoms with E-state index in [0.29, 0.717) is 119 Å². The number of hydrogen-bond acceptors (Lipinski definition) is 33. The van der Waals surface area contributed by atoms with E-state index >= 15 is 0 Å². The molecule has 0 fully saturated rings. The van der Waals surface area contributed by atoms with E-state index in [1.807, 2.05) is 30.5 Å². The third-order valence-corrected chi connectivity index (χ3v) is 24.2. The number of likely N-dealkylation sites (N-methyl/N-ethyl adjacent to an activating group) is 1. The molecule has 0 bridgehead atoms. The van der Waals surface area contributed by atoms with Crippen LogP contribution in [0.3, 0.4) is 0 Å². The van der Waals surface area contributed by atoms with Crippen LogP contribution in [0.2, 0.25) is 34.9 Å². The van der Waals surface area contributed by atoms with Gasteiger partial charge in [0.25, 0.3) is 5.91 Å². The molecule has 129 heavy (non-hydrogen) atoms. The van der Waals surface area contributed by atoms with E-state index in [2.05, 4.69) is 46.5 Å². The molecule has 6 aliphatic rings. The lowest BCUT2D eigenvalue weighted by atomic mass is 9.64. The molecule has 7 aromatic rings. The SMILES string of the molecule is C=C(O)c1cccc2c1OB(O)[C@@H](CC(=O)C(=O)N(C)C)C2.C=C(O)c1cccc2c1OB(O)[C@@H](CC(=O)CC(=O)N(C)C)C2.C=C(O)c1cccc2c1OB(O)[C@@H](CC(=O)CSc1nncs1)C2.C=C(O)c1cccc2c1OB(O)[C@@H](CC(=O)SC)C2.CSCC(=O)C[C@H]1Cc2cccc(C(C)=O)c2OB1O.[N-]=[N+]=NCC(=O)C[C@H]1Cc2cccc(C(=O)O)c2OB1O. The molecule has 6 aromatic carbocycles. The molecule has 2 amide bonds. The molecule has 13 rings (SSSR count). The molecule has 6 atom stereocenters. The zero-order valence-corrected chi connectivity index (χ0v) is 75.0. The van der Waals surface area contributed by atoms with E-state index in [0.717, 1.165) is 43.9 Å². The van der Waals surface area contributed by atoms with Crippen molar-refractivity contribution in [1.29, 1.82) is 0 Å². The zero-order valence-electron chi connectivity index (χ0n) is 71.8. The first-order chi connectivity index (χ1) is 61.2. The van der Waals surface area contributed by atoms with Crippen LogP contribution in [0.15, 0.2) is 150 Å². The highest BCUT2D eigenvalue weighted by Crippen LogP contribution is 2.45. The number of aromatic nitrogens is 2. The summed E-state index contributed by atoms with van der Waals surface area (Å²) in [6.07, 6.45) is 6.90. The van der Waals surface area contributed by atoms with Gasteiger partial charge in [-0.1, -0.05) is 139 Å². The number of Topliss-reactive ketones (excluding diaryl/α,β-unsaturated/α-hetero) is 6. The van der Waals surface area contributed by atoms with Crippen LogP contribution in [0.5, 0.6) is 34.5 Å². The number of carboxylic acid groups (broad SMARTS) is 1. The molecule has 0 spiro atoms. The van der Waals surface area contributed by atoms with Crippen LogP contribution >= 0.6 is 46.6 Å². The van der Waals surface area contributed by atoms with Crippen LogP contribution in [0.25, 0.3) is 33.5 Å². The number of azide groups is 1. The third-order valence-electron chi connectivity index (χ3n) is 21.0. The van der Waals surface area contributed by atoms with Gasteiger partial charge in [-0.3, -0.25) is 43.2 Å². The molecular formula is C85H97B6N7O27S4. The number of amides is 2. The van der Waals surface area contributed by atoms with Gasteiger partial charge in [-0.15, -0.1) is 10.2 Å². The molecule has 44 heteroatoms. The first kappa shape index (κ1) is 103. The van der Waals surface area contributed by atoms with Gasteiger partial charge in [0.2, 0.25) is 11.7 Å². The number of fused-ring (bicyclic) bond motifs is 6. The quantitative estimate of drug-likeness (QED) is 0.00250. The number of ketones is 6. The van der Waals surface area contributed by atoms with Crippen LogP contribution < -0.4 is 27.9 Å². The summed E-state index contributed by atoms with van der Waals surface area (Å²) < 4.78 is 33.4. The van der Waals surface area contributed by atoms with Gasteiger partial charge in [0.15, 0.2) is 15.2 Å². The lowest BCUT2D eigenvalue weighted by molar-refractivity contribution is -0.143. The third kappa shape index (κ3) is 29.0. The van der Waals surface area contributed by atoms with Crippen molar-refractivity contribution in [1.82, 2.24) is 20.0 Å². The number of thioether (sulfide) groups is 3. The molecule has 6 aliphatic heterocycles. The second-order valence-corrected chi connectivity index (χ2v) is 34.9. The molecule has 11 N–H and O–H groups in total. The van der Waals surface area contributed by atoms with E-state index in [-0.39, 0.29) is 137 Å². The Morgan fingerprint density at radius 3 is 1.09 bits per heavy atom.